The molecule has 1 N–H and O–H groups in total. The van der Waals surface area contributed by atoms with Crippen LogP contribution in [0.3, 0.4) is 0 Å². The predicted octanol–water partition coefficient (Wildman–Crippen LogP) is 4.57. The minimum Gasteiger partial charge on any atom is -0.332 e. The third kappa shape index (κ3) is 4.65. The SMILES string of the molecule is O=C(/N=c1\snc(C(Cl)(Cl)Cl)n1-c1ccccc1)NCc1ccccc1. The molecule has 0 aliphatic rings. The average molecular weight is 428 g/mol. The van der Waals surface area contributed by atoms with Crippen molar-refractivity contribution in [3.63, 3.8) is 0 Å². The predicted molar refractivity (Wildman–Crippen MR) is 105 cm³/mol. The van der Waals surface area contributed by atoms with Crippen LogP contribution < -0.4 is 10.1 Å². The van der Waals surface area contributed by atoms with E-state index in [1.807, 2.05) is 60.7 Å². The van der Waals surface area contributed by atoms with Gasteiger partial charge in [-0.3, -0.25) is 4.57 Å². The Morgan fingerprint density at radius 3 is 2.31 bits per heavy atom. The number of amides is 2. The highest BCUT2D eigenvalue weighted by atomic mass is 35.6. The van der Waals surface area contributed by atoms with Gasteiger partial charge in [-0.2, -0.15) is 9.37 Å². The molecule has 1 aromatic heterocycles. The Morgan fingerprint density at radius 2 is 1.69 bits per heavy atom. The number of alkyl halides is 3. The van der Waals surface area contributed by atoms with E-state index in [2.05, 4.69) is 14.7 Å². The van der Waals surface area contributed by atoms with Crippen LogP contribution in [-0.4, -0.2) is 15.0 Å². The highest BCUT2D eigenvalue weighted by Gasteiger charge is 2.30. The second kappa shape index (κ2) is 8.22. The lowest BCUT2D eigenvalue weighted by molar-refractivity contribution is 0.248. The molecule has 0 saturated heterocycles. The summed E-state index contributed by atoms with van der Waals surface area (Å²) in [7, 11) is 0. The Bertz CT molecular complexity index is 949. The molecule has 0 unspecified atom stereocenters. The molecule has 0 spiro atoms. The van der Waals surface area contributed by atoms with E-state index in [1.54, 1.807) is 4.57 Å². The van der Waals surface area contributed by atoms with Gasteiger partial charge in [0.25, 0.3) is 0 Å². The number of halogens is 3. The molecule has 0 saturated carbocycles. The number of rotatable bonds is 3. The lowest BCUT2D eigenvalue weighted by Crippen LogP contribution is -2.25. The number of urea groups is 1. The first-order valence-electron chi connectivity index (χ1n) is 7.53. The van der Waals surface area contributed by atoms with E-state index in [0.717, 1.165) is 17.1 Å². The molecule has 0 atom stereocenters. The zero-order valence-electron chi connectivity index (χ0n) is 13.3. The van der Waals surface area contributed by atoms with Crippen molar-refractivity contribution in [1.82, 2.24) is 14.3 Å². The third-order valence-corrected chi connectivity index (χ3v) is 4.58. The normalized spacial score (nSPS) is 12.2. The maximum absolute atomic E-state index is 12.2. The van der Waals surface area contributed by atoms with Crippen LogP contribution in [0.25, 0.3) is 5.69 Å². The van der Waals surface area contributed by atoms with E-state index in [0.29, 0.717) is 17.0 Å². The number of hydrogen-bond donors (Lipinski definition) is 1. The van der Waals surface area contributed by atoms with Gasteiger partial charge in [0.15, 0.2) is 5.82 Å². The van der Waals surface area contributed by atoms with Crippen LogP contribution in [0.1, 0.15) is 11.4 Å². The molecule has 0 bridgehead atoms. The number of hydrogen-bond acceptors (Lipinski definition) is 3. The van der Waals surface area contributed by atoms with Gasteiger partial charge in [0.1, 0.15) is 0 Å². The van der Waals surface area contributed by atoms with Gasteiger partial charge in [-0.25, -0.2) is 4.79 Å². The van der Waals surface area contributed by atoms with Crippen molar-refractivity contribution in [2.45, 2.75) is 10.3 Å². The molecular formula is C17H13Cl3N4OS. The summed E-state index contributed by atoms with van der Waals surface area (Å²) in [5, 5.41) is 2.74. The second-order valence-corrected chi connectivity index (χ2v) is 8.23. The standard InChI is InChI=1S/C17H13Cl3N4OS/c18-17(19,20)14-23-26-16(24(14)13-9-5-2-6-10-13)22-15(25)21-11-12-7-3-1-4-8-12/h1-10H,11H2,(H,21,25)/b22-16-. The minimum atomic E-state index is -1.75. The summed E-state index contributed by atoms with van der Waals surface area (Å²) in [5.74, 6) is 0.174. The lowest BCUT2D eigenvalue weighted by atomic mass is 10.2. The van der Waals surface area contributed by atoms with E-state index in [9.17, 15) is 4.79 Å². The van der Waals surface area contributed by atoms with Crippen LogP contribution in [0.2, 0.25) is 0 Å². The number of para-hydroxylation sites is 1. The van der Waals surface area contributed by atoms with Crippen molar-refractivity contribution in [3.05, 3.63) is 76.9 Å². The van der Waals surface area contributed by atoms with Gasteiger partial charge < -0.3 is 5.32 Å². The van der Waals surface area contributed by atoms with Crippen molar-refractivity contribution in [1.29, 1.82) is 0 Å². The fourth-order valence-corrected chi connectivity index (χ4v) is 3.53. The molecule has 26 heavy (non-hydrogen) atoms. The molecule has 134 valence electrons. The molecule has 5 nitrogen and oxygen atoms in total. The van der Waals surface area contributed by atoms with Crippen LogP contribution in [0.5, 0.6) is 0 Å². The van der Waals surface area contributed by atoms with E-state index < -0.39 is 9.82 Å². The largest absolute Gasteiger partial charge is 0.343 e. The molecule has 3 aromatic rings. The van der Waals surface area contributed by atoms with Crippen molar-refractivity contribution < 1.29 is 4.79 Å². The third-order valence-electron chi connectivity index (χ3n) is 3.37. The fourth-order valence-electron chi connectivity index (χ4n) is 2.21. The fraction of sp³-hybridized carbons (Fsp3) is 0.118. The summed E-state index contributed by atoms with van der Waals surface area (Å²) in [5.41, 5.74) is 1.66. The molecule has 0 aliphatic heterocycles. The second-order valence-electron chi connectivity index (χ2n) is 5.21. The number of benzene rings is 2. The van der Waals surface area contributed by atoms with E-state index in [-0.39, 0.29) is 5.82 Å². The van der Waals surface area contributed by atoms with Crippen LogP contribution in [0.15, 0.2) is 65.7 Å². The number of carbonyl (C=O) groups excluding carboxylic acids is 1. The van der Waals surface area contributed by atoms with E-state index in [1.165, 1.54) is 0 Å². The van der Waals surface area contributed by atoms with Gasteiger partial charge in [-0.05, 0) is 17.7 Å². The zero-order chi connectivity index (χ0) is 18.6. The van der Waals surface area contributed by atoms with Gasteiger partial charge in [-0.15, -0.1) is 0 Å². The molecule has 1 heterocycles. The number of carbonyl (C=O) groups is 1. The molecule has 0 aliphatic carbocycles. The van der Waals surface area contributed by atoms with Crippen LogP contribution >= 0.6 is 46.3 Å². The van der Waals surface area contributed by atoms with Crippen molar-refractivity contribution in [3.8, 4) is 5.69 Å². The molecule has 2 aromatic carbocycles. The Kier molecular flexibility index (Phi) is 5.98. The van der Waals surface area contributed by atoms with Gasteiger partial charge in [0, 0.05) is 23.8 Å². The first kappa shape index (κ1) is 18.9. The minimum absolute atomic E-state index is 0.174. The summed E-state index contributed by atoms with van der Waals surface area (Å²) in [4.78, 5) is 16.6. The molecule has 9 heteroatoms. The lowest BCUT2D eigenvalue weighted by Gasteiger charge is -2.12. The quantitative estimate of drug-likeness (QED) is 0.622. The summed E-state index contributed by atoms with van der Waals surface area (Å²) >= 11 is 19.0. The summed E-state index contributed by atoms with van der Waals surface area (Å²) in [6.45, 7) is 0.366. The molecular weight excluding hydrogens is 415 g/mol. The first-order valence-corrected chi connectivity index (χ1v) is 9.44. The van der Waals surface area contributed by atoms with Gasteiger partial charge in [0.05, 0.1) is 0 Å². The highest BCUT2D eigenvalue weighted by molar-refractivity contribution is 7.03. The molecule has 2 amide bonds. The molecule has 0 radical (unpaired) electrons. The Morgan fingerprint density at radius 1 is 1.08 bits per heavy atom. The molecule has 3 rings (SSSR count). The van der Waals surface area contributed by atoms with E-state index >= 15 is 0 Å². The van der Waals surface area contributed by atoms with Crippen LogP contribution in [0.4, 0.5) is 4.79 Å². The first-order chi connectivity index (χ1) is 12.4. The number of nitrogens with zero attached hydrogens (tertiary/aromatic N) is 3. The maximum Gasteiger partial charge on any atom is 0.343 e. The zero-order valence-corrected chi connectivity index (χ0v) is 16.4. The smallest absolute Gasteiger partial charge is 0.332 e. The van der Waals surface area contributed by atoms with Crippen molar-refractivity contribution in [2.24, 2.45) is 4.99 Å². The van der Waals surface area contributed by atoms with E-state index in [4.69, 9.17) is 34.8 Å². The average Bonchev–Trinajstić information content (AvgIpc) is 3.05. The summed E-state index contributed by atoms with van der Waals surface area (Å²) in [6.07, 6.45) is 0. The summed E-state index contributed by atoms with van der Waals surface area (Å²) < 4.78 is 3.98. The monoisotopic (exact) mass is 426 g/mol. The maximum atomic E-state index is 12.2. The summed E-state index contributed by atoms with van der Waals surface area (Å²) in [6, 6.07) is 18.2. The Hall–Kier alpha value is -1.86. The number of aromatic nitrogens is 2. The van der Waals surface area contributed by atoms with Crippen LogP contribution in [0, 0.1) is 0 Å². The number of nitrogens with one attached hydrogen (secondary N) is 1. The highest BCUT2D eigenvalue weighted by Crippen LogP contribution is 2.37. The van der Waals surface area contributed by atoms with Gasteiger partial charge in [-0.1, -0.05) is 83.3 Å². The van der Waals surface area contributed by atoms with Crippen molar-refractivity contribution in [2.75, 3.05) is 0 Å². The van der Waals surface area contributed by atoms with Crippen LogP contribution in [-0.2, 0) is 10.3 Å². The topological polar surface area (TPSA) is 59.3 Å². The van der Waals surface area contributed by atoms with Gasteiger partial charge >= 0.3 is 6.03 Å². The molecule has 0 fully saturated rings. The Labute approximate surface area is 169 Å². The Balaban J connectivity index is 1.93. The van der Waals surface area contributed by atoms with Gasteiger partial charge in [0.2, 0.25) is 8.59 Å². The van der Waals surface area contributed by atoms with Crippen molar-refractivity contribution >= 4 is 52.4 Å².